The Morgan fingerprint density at radius 3 is 2.39 bits per heavy atom. The van der Waals surface area contributed by atoms with Crippen LogP contribution in [0.15, 0.2) is 61.2 Å². The zero-order valence-electron chi connectivity index (χ0n) is 17.9. The molecule has 0 radical (unpaired) electrons. The lowest BCUT2D eigenvalue weighted by molar-refractivity contribution is -0.384. The minimum absolute atomic E-state index is 0.0515. The number of anilines is 1. The van der Waals surface area contributed by atoms with Crippen molar-refractivity contribution in [1.82, 2.24) is 24.3 Å². The molecule has 0 spiro atoms. The molecule has 1 aliphatic heterocycles. The summed E-state index contributed by atoms with van der Waals surface area (Å²) in [6.07, 6.45) is 7.13. The van der Waals surface area contributed by atoms with Gasteiger partial charge in [0.25, 0.3) is 5.69 Å². The van der Waals surface area contributed by atoms with Crippen molar-refractivity contribution in [3.05, 3.63) is 71.3 Å². The van der Waals surface area contributed by atoms with Gasteiger partial charge in [-0.2, -0.15) is 10.2 Å². The number of nitrogens with zero attached hydrogens (tertiary/aromatic N) is 7. The monoisotopic (exact) mass is 447 g/mol. The number of non-ortho nitro benzene ring substituents is 1. The molecular weight excluding hydrogens is 426 g/mol. The molecule has 3 aromatic heterocycles. The van der Waals surface area contributed by atoms with Crippen LogP contribution in [0, 0.1) is 10.1 Å². The second-order valence-corrected chi connectivity index (χ2v) is 7.77. The topological polar surface area (TPSA) is 111 Å². The number of amides is 1. The summed E-state index contributed by atoms with van der Waals surface area (Å²) in [7, 11) is 1.88. The van der Waals surface area contributed by atoms with E-state index in [1.54, 1.807) is 9.58 Å². The number of fused-ring (bicyclic) bond motifs is 1. The van der Waals surface area contributed by atoms with Crippen molar-refractivity contribution in [3.8, 4) is 16.9 Å². The number of aryl methyl sites for hydroxylation is 1. The maximum Gasteiger partial charge on any atom is 0.415 e. The fourth-order valence-electron chi connectivity index (χ4n) is 3.89. The van der Waals surface area contributed by atoms with Crippen LogP contribution in [0.1, 0.15) is 0 Å². The Morgan fingerprint density at radius 2 is 1.73 bits per heavy atom. The van der Waals surface area contributed by atoms with Crippen LogP contribution in [0.5, 0.6) is 5.75 Å². The molecule has 0 atom stereocenters. The highest BCUT2D eigenvalue weighted by molar-refractivity contribution is 5.76. The van der Waals surface area contributed by atoms with E-state index in [1.165, 1.54) is 24.3 Å². The Kier molecular flexibility index (Phi) is 5.13. The number of hydrogen-bond acceptors (Lipinski definition) is 7. The number of rotatable bonds is 4. The Bertz CT molecular complexity index is 1320. The normalized spacial score (nSPS) is 14.0. The minimum Gasteiger partial charge on any atom is -0.410 e. The molecule has 5 rings (SSSR count). The van der Waals surface area contributed by atoms with Crippen LogP contribution in [-0.2, 0) is 7.05 Å². The van der Waals surface area contributed by atoms with Gasteiger partial charge >= 0.3 is 6.09 Å². The van der Waals surface area contributed by atoms with Crippen LogP contribution in [0.25, 0.3) is 16.6 Å². The molecule has 1 aliphatic rings. The molecule has 0 bridgehead atoms. The van der Waals surface area contributed by atoms with E-state index in [1.807, 2.05) is 42.4 Å². The number of piperazine rings is 1. The minimum atomic E-state index is -0.495. The van der Waals surface area contributed by atoms with E-state index in [0.29, 0.717) is 26.2 Å². The first-order valence-corrected chi connectivity index (χ1v) is 10.4. The number of benzene rings is 1. The maximum atomic E-state index is 12.5. The van der Waals surface area contributed by atoms with Gasteiger partial charge in [0.15, 0.2) is 0 Å². The first-order valence-electron chi connectivity index (χ1n) is 10.4. The van der Waals surface area contributed by atoms with E-state index in [-0.39, 0.29) is 11.4 Å². The second-order valence-electron chi connectivity index (χ2n) is 7.77. The van der Waals surface area contributed by atoms with Gasteiger partial charge in [-0.05, 0) is 18.2 Å². The summed E-state index contributed by atoms with van der Waals surface area (Å²) in [5, 5.41) is 19.5. The van der Waals surface area contributed by atoms with Gasteiger partial charge in [-0.3, -0.25) is 14.8 Å². The molecule has 1 saturated heterocycles. The SMILES string of the molecule is Cn1cc(-c2ccc3c(N4CCN(C(=O)Oc5ccc([N+](=O)[O-])cc5)CC4)cnn3c2)cn1. The van der Waals surface area contributed by atoms with Crippen molar-refractivity contribution in [2.75, 3.05) is 31.1 Å². The lowest BCUT2D eigenvalue weighted by Gasteiger charge is -2.34. The van der Waals surface area contributed by atoms with Gasteiger partial charge in [-0.15, -0.1) is 0 Å². The van der Waals surface area contributed by atoms with E-state index in [0.717, 1.165) is 22.3 Å². The Hall–Kier alpha value is -4.41. The van der Waals surface area contributed by atoms with Crippen LogP contribution >= 0.6 is 0 Å². The quantitative estimate of drug-likeness (QED) is 0.349. The number of pyridine rings is 1. The van der Waals surface area contributed by atoms with Crippen molar-refractivity contribution in [1.29, 1.82) is 0 Å². The van der Waals surface area contributed by atoms with E-state index >= 15 is 0 Å². The summed E-state index contributed by atoms with van der Waals surface area (Å²) >= 11 is 0. The molecule has 0 N–H and O–H groups in total. The second kappa shape index (κ2) is 8.26. The van der Waals surface area contributed by atoms with E-state index in [4.69, 9.17) is 4.74 Å². The maximum absolute atomic E-state index is 12.5. The van der Waals surface area contributed by atoms with Gasteiger partial charge in [0.05, 0.1) is 28.5 Å². The van der Waals surface area contributed by atoms with Crippen molar-refractivity contribution >= 4 is 23.0 Å². The van der Waals surface area contributed by atoms with E-state index in [2.05, 4.69) is 21.2 Å². The average Bonchev–Trinajstić information content (AvgIpc) is 3.45. The summed E-state index contributed by atoms with van der Waals surface area (Å²) < 4.78 is 8.98. The molecule has 1 amide bonds. The zero-order valence-corrected chi connectivity index (χ0v) is 17.9. The molecule has 11 heteroatoms. The third kappa shape index (κ3) is 4.07. The zero-order chi connectivity index (χ0) is 22.9. The Morgan fingerprint density at radius 1 is 0.970 bits per heavy atom. The summed E-state index contributed by atoms with van der Waals surface area (Å²) in [6.45, 7) is 2.27. The predicted molar refractivity (Wildman–Crippen MR) is 120 cm³/mol. The molecule has 1 fully saturated rings. The molecule has 1 aromatic carbocycles. The smallest absolute Gasteiger partial charge is 0.410 e. The van der Waals surface area contributed by atoms with Gasteiger partial charge in [-0.1, -0.05) is 6.07 Å². The van der Waals surface area contributed by atoms with Crippen molar-refractivity contribution < 1.29 is 14.5 Å². The fourth-order valence-corrected chi connectivity index (χ4v) is 3.89. The largest absolute Gasteiger partial charge is 0.415 e. The first kappa shape index (κ1) is 20.5. The third-order valence-corrected chi connectivity index (χ3v) is 5.67. The molecule has 0 unspecified atom stereocenters. The molecule has 4 aromatic rings. The Labute approximate surface area is 188 Å². The predicted octanol–water partition coefficient (Wildman–Crippen LogP) is 2.96. The van der Waals surface area contributed by atoms with Gasteiger partial charge in [0.1, 0.15) is 5.75 Å². The molecule has 11 nitrogen and oxygen atoms in total. The summed E-state index contributed by atoms with van der Waals surface area (Å²) in [5.74, 6) is 0.278. The summed E-state index contributed by atoms with van der Waals surface area (Å²) in [5.41, 5.74) is 4.01. The molecule has 4 heterocycles. The van der Waals surface area contributed by atoms with Crippen LogP contribution < -0.4 is 9.64 Å². The number of carbonyl (C=O) groups excluding carboxylic acids is 1. The standard InChI is InChI=1S/C22H21N7O4/c1-25-14-17(12-23-25)16-2-7-20-21(13-24-28(20)15-16)26-8-10-27(11-9-26)22(30)33-19-5-3-18(4-6-19)29(31)32/h2-7,12-15H,8-11H2,1H3. The number of aromatic nitrogens is 4. The van der Waals surface area contributed by atoms with Crippen LogP contribution in [0.2, 0.25) is 0 Å². The molecule has 168 valence electrons. The Balaban J connectivity index is 1.23. The van der Waals surface area contributed by atoms with Crippen molar-refractivity contribution in [2.45, 2.75) is 0 Å². The highest BCUT2D eigenvalue weighted by atomic mass is 16.6. The van der Waals surface area contributed by atoms with Gasteiger partial charge in [0.2, 0.25) is 0 Å². The molecular formula is C22H21N7O4. The van der Waals surface area contributed by atoms with Gasteiger partial charge in [0, 0.05) is 68.9 Å². The van der Waals surface area contributed by atoms with Crippen molar-refractivity contribution in [3.63, 3.8) is 0 Å². The molecule has 0 aliphatic carbocycles. The number of nitro groups is 1. The van der Waals surface area contributed by atoms with Crippen LogP contribution in [-0.4, -0.2) is 61.5 Å². The number of carbonyl (C=O) groups is 1. The number of nitro benzene ring substituents is 1. The first-order chi connectivity index (χ1) is 16.0. The van der Waals surface area contributed by atoms with E-state index < -0.39 is 11.0 Å². The highest BCUT2D eigenvalue weighted by Gasteiger charge is 2.24. The summed E-state index contributed by atoms with van der Waals surface area (Å²) in [6, 6.07) is 9.56. The third-order valence-electron chi connectivity index (χ3n) is 5.67. The average molecular weight is 447 g/mol. The summed E-state index contributed by atoms with van der Waals surface area (Å²) in [4.78, 5) is 26.6. The van der Waals surface area contributed by atoms with Crippen molar-refractivity contribution in [2.24, 2.45) is 7.05 Å². The van der Waals surface area contributed by atoms with Gasteiger partial charge < -0.3 is 14.5 Å². The fraction of sp³-hybridized carbons (Fsp3) is 0.227. The van der Waals surface area contributed by atoms with E-state index in [9.17, 15) is 14.9 Å². The lowest BCUT2D eigenvalue weighted by Crippen LogP contribution is -2.49. The van der Waals surface area contributed by atoms with Crippen LogP contribution in [0.4, 0.5) is 16.2 Å². The number of hydrogen-bond donors (Lipinski definition) is 0. The molecule has 33 heavy (non-hydrogen) atoms. The number of ether oxygens (including phenoxy) is 1. The highest BCUT2D eigenvalue weighted by Crippen LogP contribution is 2.26. The van der Waals surface area contributed by atoms with Crippen LogP contribution in [0.3, 0.4) is 0 Å². The lowest BCUT2D eigenvalue weighted by atomic mass is 10.1. The van der Waals surface area contributed by atoms with Gasteiger partial charge in [-0.25, -0.2) is 9.31 Å². The molecule has 0 saturated carbocycles.